The van der Waals surface area contributed by atoms with Gasteiger partial charge in [0.05, 0.1) is 0 Å². The third kappa shape index (κ3) is 4.89. The van der Waals surface area contributed by atoms with Crippen molar-refractivity contribution >= 4 is 23.8 Å². The molecular weight excluding hydrogens is 276 g/mol. The number of urea groups is 1. The number of nitrogens with zero attached hydrogens (tertiary/aromatic N) is 1. The maximum Gasteiger partial charge on any atom is 0.326 e. The maximum atomic E-state index is 12.2. The first-order chi connectivity index (χ1) is 9.26. The molecule has 1 saturated heterocycles. The third-order valence-electron chi connectivity index (χ3n) is 3.88. The second kappa shape index (κ2) is 7.20. The Hall–Kier alpha value is -0.910. The second-order valence-corrected chi connectivity index (χ2v) is 7.80. The number of carbonyl (C=O) groups excluding carboxylic acids is 1. The van der Waals surface area contributed by atoms with Crippen LogP contribution in [0.4, 0.5) is 4.79 Å². The first-order valence-corrected chi connectivity index (χ1v) is 8.17. The zero-order chi connectivity index (χ0) is 15.3. The molecule has 0 unspecified atom stereocenters. The first kappa shape index (κ1) is 17.1. The van der Waals surface area contributed by atoms with Gasteiger partial charge in [0.15, 0.2) is 0 Å². The minimum Gasteiger partial charge on any atom is -0.480 e. The van der Waals surface area contributed by atoms with E-state index < -0.39 is 12.0 Å². The van der Waals surface area contributed by atoms with Crippen LogP contribution in [-0.2, 0) is 4.79 Å². The molecule has 1 rings (SSSR count). The summed E-state index contributed by atoms with van der Waals surface area (Å²) in [5.41, 5.74) is 0. The largest absolute Gasteiger partial charge is 0.480 e. The number of carbonyl (C=O) groups is 2. The number of thioether (sulfide) groups is 1. The Morgan fingerprint density at radius 3 is 2.60 bits per heavy atom. The number of aliphatic carboxylic acids is 1. The Bertz CT molecular complexity index is 360. The number of hydrogen-bond acceptors (Lipinski definition) is 3. The van der Waals surface area contributed by atoms with Gasteiger partial charge < -0.3 is 15.3 Å². The Labute approximate surface area is 125 Å². The van der Waals surface area contributed by atoms with E-state index in [-0.39, 0.29) is 16.7 Å². The Kier molecular flexibility index (Phi) is 6.17. The summed E-state index contributed by atoms with van der Waals surface area (Å²) in [6.45, 7) is 9.49. The van der Waals surface area contributed by atoms with Crippen LogP contribution in [0.15, 0.2) is 0 Å². The average Bonchev–Trinajstić information content (AvgIpc) is 2.55. The van der Waals surface area contributed by atoms with Gasteiger partial charge in [0.1, 0.15) is 6.04 Å². The van der Waals surface area contributed by atoms with Gasteiger partial charge in [-0.25, -0.2) is 9.59 Å². The van der Waals surface area contributed by atoms with Crippen LogP contribution in [0, 0.1) is 5.92 Å². The monoisotopic (exact) mass is 302 g/mol. The highest BCUT2D eigenvalue weighted by molar-refractivity contribution is 8.00. The Morgan fingerprint density at radius 2 is 2.05 bits per heavy atom. The lowest BCUT2D eigenvalue weighted by atomic mass is 9.99. The summed E-state index contributed by atoms with van der Waals surface area (Å²) in [7, 11) is 0. The van der Waals surface area contributed by atoms with Gasteiger partial charge in [0.25, 0.3) is 0 Å². The van der Waals surface area contributed by atoms with Crippen LogP contribution in [0.5, 0.6) is 0 Å². The number of carboxylic acids is 1. The lowest BCUT2D eigenvalue weighted by molar-refractivity contribution is -0.140. The van der Waals surface area contributed by atoms with E-state index in [2.05, 4.69) is 19.2 Å². The van der Waals surface area contributed by atoms with Crippen molar-refractivity contribution in [1.29, 1.82) is 0 Å². The highest BCUT2D eigenvalue weighted by atomic mass is 32.2. The molecule has 5 nitrogen and oxygen atoms in total. The summed E-state index contributed by atoms with van der Waals surface area (Å²) in [5, 5.41) is 11.9. The van der Waals surface area contributed by atoms with Gasteiger partial charge in [-0.3, -0.25) is 0 Å². The van der Waals surface area contributed by atoms with Crippen LogP contribution < -0.4 is 5.32 Å². The van der Waals surface area contributed by atoms with E-state index in [1.807, 2.05) is 25.6 Å². The molecule has 0 spiro atoms. The molecule has 0 radical (unpaired) electrons. The fourth-order valence-electron chi connectivity index (χ4n) is 2.13. The quantitative estimate of drug-likeness (QED) is 0.836. The predicted molar refractivity (Wildman–Crippen MR) is 82.1 cm³/mol. The van der Waals surface area contributed by atoms with E-state index in [0.29, 0.717) is 13.1 Å². The number of nitrogens with one attached hydrogen (secondary N) is 1. The van der Waals surface area contributed by atoms with Gasteiger partial charge in [-0.15, -0.1) is 0 Å². The average molecular weight is 302 g/mol. The van der Waals surface area contributed by atoms with Gasteiger partial charge in [0, 0.05) is 23.6 Å². The first-order valence-electron chi connectivity index (χ1n) is 7.19. The number of rotatable bonds is 4. The van der Waals surface area contributed by atoms with Crippen molar-refractivity contribution in [2.45, 2.75) is 51.3 Å². The van der Waals surface area contributed by atoms with Gasteiger partial charge in [-0.2, -0.15) is 11.8 Å². The van der Waals surface area contributed by atoms with E-state index in [0.717, 1.165) is 18.6 Å². The summed E-state index contributed by atoms with van der Waals surface area (Å²) in [6, 6.07) is -1.06. The molecule has 2 atom stereocenters. The molecular formula is C14H26N2O3S. The van der Waals surface area contributed by atoms with Crippen molar-refractivity contribution in [1.82, 2.24) is 10.2 Å². The number of amides is 2. The molecule has 6 heteroatoms. The van der Waals surface area contributed by atoms with Crippen molar-refractivity contribution in [3.8, 4) is 0 Å². The molecule has 116 valence electrons. The molecule has 0 aromatic heterocycles. The summed E-state index contributed by atoms with van der Waals surface area (Å²) in [4.78, 5) is 25.2. The van der Waals surface area contributed by atoms with Crippen LogP contribution in [-0.4, -0.2) is 51.6 Å². The second-order valence-electron chi connectivity index (χ2n) is 6.00. The molecule has 2 amide bonds. The minimum atomic E-state index is -0.961. The Balaban J connectivity index is 2.62. The highest BCUT2D eigenvalue weighted by Gasteiger charge is 2.30. The maximum absolute atomic E-state index is 12.2. The van der Waals surface area contributed by atoms with Crippen LogP contribution in [0.3, 0.4) is 0 Å². The van der Waals surface area contributed by atoms with Crippen molar-refractivity contribution in [3.63, 3.8) is 0 Å². The van der Waals surface area contributed by atoms with Crippen LogP contribution >= 0.6 is 11.8 Å². The van der Waals surface area contributed by atoms with E-state index in [9.17, 15) is 14.7 Å². The molecule has 1 heterocycles. The molecule has 0 bridgehead atoms. The van der Waals surface area contributed by atoms with E-state index in [1.165, 1.54) is 0 Å². The lowest BCUT2D eigenvalue weighted by Gasteiger charge is -2.26. The normalized spacial score (nSPS) is 21.7. The molecule has 0 aromatic rings. The number of hydrogen-bond donors (Lipinski definition) is 2. The summed E-state index contributed by atoms with van der Waals surface area (Å²) in [6.07, 6.45) is 1.65. The summed E-state index contributed by atoms with van der Waals surface area (Å²) in [5.74, 6) is -0.145. The van der Waals surface area contributed by atoms with Crippen LogP contribution in [0.25, 0.3) is 0 Å². The molecule has 1 aliphatic heterocycles. The topological polar surface area (TPSA) is 69.6 Å². The lowest BCUT2D eigenvalue weighted by Crippen LogP contribution is -2.51. The van der Waals surface area contributed by atoms with E-state index in [4.69, 9.17) is 0 Å². The summed E-state index contributed by atoms with van der Waals surface area (Å²) >= 11 is 1.86. The van der Waals surface area contributed by atoms with Crippen LogP contribution in [0.2, 0.25) is 0 Å². The van der Waals surface area contributed by atoms with Crippen molar-refractivity contribution in [2.75, 3.05) is 18.8 Å². The number of carboxylic acid groups (broad SMARTS) is 1. The molecule has 20 heavy (non-hydrogen) atoms. The van der Waals surface area contributed by atoms with Crippen LogP contribution in [0.1, 0.15) is 40.5 Å². The molecule has 0 aromatic carbocycles. The van der Waals surface area contributed by atoms with Gasteiger partial charge in [0.2, 0.25) is 0 Å². The van der Waals surface area contributed by atoms with E-state index in [1.54, 1.807) is 4.90 Å². The van der Waals surface area contributed by atoms with Gasteiger partial charge in [-0.05, 0) is 12.3 Å². The van der Waals surface area contributed by atoms with E-state index >= 15 is 0 Å². The smallest absolute Gasteiger partial charge is 0.326 e. The molecule has 1 aliphatic rings. The fraction of sp³-hybridized carbons (Fsp3) is 0.857. The van der Waals surface area contributed by atoms with Crippen molar-refractivity contribution < 1.29 is 14.7 Å². The molecule has 0 saturated carbocycles. The third-order valence-corrected chi connectivity index (χ3v) is 5.26. The van der Waals surface area contributed by atoms with Gasteiger partial charge >= 0.3 is 12.0 Å². The van der Waals surface area contributed by atoms with Crippen molar-refractivity contribution in [3.05, 3.63) is 0 Å². The zero-order valence-electron chi connectivity index (χ0n) is 12.8. The van der Waals surface area contributed by atoms with Gasteiger partial charge in [-0.1, -0.05) is 34.1 Å². The van der Waals surface area contributed by atoms with Crippen molar-refractivity contribution in [2.24, 2.45) is 5.92 Å². The standard InChI is InChI=1S/C14H26N2O3S/c1-5-10(2)11(12(17)18)15-13(19)16-7-6-14(3,4)20-9-8-16/h10-11H,5-9H2,1-4H3,(H,15,19)(H,17,18)/t10-,11-/m0/s1. The summed E-state index contributed by atoms with van der Waals surface area (Å²) < 4.78 is 0.179. The molecule has 2 N–H and O–H groups in total. The Morgan fingerprint density at radius 1 is 1.40 bits per heavy atom. The SMILES string of the molecule is CC[C@H](C)[C@H](NC(=O)N1CCSC(C)(C)CC1)C(=O)O. The predicted octanol–water partition coefficient (Wildman–Crippen LogP) is 2.41. The highest BCUT2D eigenvalue weighted by Crippen LogP contribution is 2.30. The fourth-order valence-corrected chi connectivity index (χ4v) is 3.23. The molecule has 0 aliphatic carbocycles. The molecule has 1 fully saturated rings. The minimum absolute atomic E-state index is 0.0748. The zero-order valence-corrected chi connectivity index (χ0v) is 13.6.